The summed E-state index contributed by atoms with van der Waals surface area (Å²) in [6, 6.07) is 10.8. The molecule has 0 fully saturated rings. The lowest BCUT2D eigenvalue weighted by Gasteiger charge is -2.01. The van der Waals surface area contributed by atoms with Crippen LogP contribution in [0, 0.1) is 0 Å². The first-order chi connectivity index (χ1) is 5.38. The van der Waals surface area contributed by atoms with E-state index in [2.05, 4.69) is 44.2 Å². The molecule has 0 atom stereocenters. The van der Waals surface area contributed by atoms with Gasteiger partial charge >= 0.3 is 0 Å². The van der Waals surface area contributed by atoms with Crippen LogP contribution in [0.15, 0.2) is 35.2 Å². The summed E-state index contributed by atoms with van der Waals surface area (Å²) in [5, 5.41) is 0. The van der Waals surface area contributed by atoms with Crippen molar-refractivity contribution >= 4 is 10.9 Å². The Hall–Kier alpha value is -0.430. The van der Waals surface area contributed by atoms with Crippen molar-refractivity contribution in [2.75, 3.05) is 11.5 Å². The van der Waals surface area contributed by atoms with Gasteiger partial charge < -0.3 is 0 Å². The SMILES string of the molecule is CC[S+](CC)c1ccccc1. The summed E-state index contributed by atoms with van der Waals surface area (Å²) in [5.74, 6) is 2.56. The maximum atomic E-state index is 2.26. The van der Waals surface area contributed by atoms with Gasteiger partial charge in [0, 0.05) is 10.9 Å². The first-order valence-electron chi connectivity index (χ1n) is 4.11. The minimum absolute atomic E-state index is 0.498. The molecule has 0 N–H and O–H groups in total. The van der Waals surface area contributed by atoms with E-state index < -0.39 is 0 Å². The molecule has 0 bridgehead atoms. The second kappa shape index (κ2) is 4.45. The van der Waals surface area contributed by atoms with E-state index in [1.54, 1.807) is 0 Å². The summed E-state index contributed by atoms with van der Waals surface area (Å²) in [5.41, 5.74) is 0. The summed E-state index contributed by atoms with van der Waals surface area (Å²) in [4.78, 5) is 1.51. The molecule has 1 aromatic carbocycles. The van der Waals surface area contributed by atoms with Crippen molar-refractivity contribution in [3.8, 4) is 0 Å². The van der Waals surface area contributed by atoms with Crippen LogP contribution in [0.5, 0.6) is 0 Å². The average molecular weight is 167 g/mol. The van der Waals surface area contributed by atoms with Crippen LogP contribution < -0.4 is 0 Å². The highest BCUT2D eigenvalue weighted by atomic mass is 32.2. The van der Waals surface area contributed by atoms with E-state index in [-0.39, 0.29) is 0 Å². The molecule has 0 saturated carbocycles. The maximum Gasteiger partial charge on any atom is 0.154 e. The quantitative estimate of drug-likeness (QED) is 0.607. The molecule has 1 aromatic rings. The first-order valence-corrected chi connectivity index (χ1v) is 5.67. The molecule has 11 heavy (non-hydrogen) atoms. The summed E-state index contributed by atoms with van der Waals surface area (Å²) < 4.78 is 0. The summed E-state index contributed by atoms with van der Waals surface area (Å²) >= 11 is 0. The van der Waals surface area contributed by atoms with Gasteiger partial charge in [0.2, 0.25) is 0 Å². The Morgan fingerprint density at radius 3 is 2.00 bits per heavy atom. The number of rotatable bonds is 3. The van der Waals surface area contributed by atoms with Crippen LogP contribution in [0.2, 0.25) is 0 Å². The van der Waals surface area contributed by atoms with E-state index in [4.69, 9.17) is 0 Å². The molecule has 0 aliphatic heterocycles. The van der Waals surface area contributed by atoms with Crippen LogP contribution in [0.25, 0.3) is 0 Å². The van der Waals surface area contributed by atoms with Gasteiger partial charge in [-0.15, -0.1) is 0 Å². The van der Waals surface area contributed by atoms with Crippen LogP contribution in [0.3, 0.4) is 0 Å². The van der Waals surface area contributed by atoms with Crippen molar-refractivity contribution in [2.24, 2.45) is 0 Å². The molecule has 0 amide bonds. The fourth-order valence-electron chi connectivity index (χ4n) is 1.15. The molecule has 0 saturated heterocycles. The van der Waals surface area contributed by atoms with Crippen molar-refractivity contribution in [1.82, 2.24) is 0 Å². The zero-order chi connectivity index (χ0) is 8.10. The third kappa shape index (κ3) is 2.26. The number of hydrogen-bond donors (Lipinski definition) is 0. The highest BCUT2D eigenvalue weighted by Crippen LogP contribution is 2.12. The van der Waals surface area contributed by atoms with Gasteiger partial charge in [-0.05, 0) is 26.0 Å². The first kappa shape index (κ1) is 8.66. The fourth-order valence-corrected chi connectivity index (χ4v) is 2.77. The van der Waals surface area contributed by atoms with Crippen molar-refractivity contribution < 1.29 is 0 Å². The van der Waals surface area contributed by atoms with Crippen LogP contribution in [-0.4, -0.2) is 11.5 Å². The lowest BCUT2D eigenvalue weighted by atomic mass is 10.4. The molecule has 0 aliphatic rings. The molecule has 0 heterocycles. The predicted molar refractivity (Wildman–Crippen MR) is 53.2 cm³/mol. The van der Waals surface area contributed by atoms with Gasteiger partial charge in [-0.1, -0.05) is 18.2 Å². The minimum atomic E-state index is 0.498. The van der Waals surface area contributed by atoms with Gasteiger partial charge in [0.1, 0.15) is 11.5 Å². The molecule has 60 valence electrons. The molecule has 0 nitrogen and oxygen atoms in total. The largest absolute Gasteiger partial charge is 0.154 e. The third-order valence-corrected chi connectivity index (χ3v) is 4.11. The van der Waals surface area contributed by atoms with Crippen LogP contribution >= 0.6 is 0 Å². The molecular formula is C10H15S+. The number of benzene rings is 1. The van der Waals surface area contributed by atoms with E-state index in [9.17, 15) is 0 Å². The van der Waals surface area contributed by atoms with E-state index in [1.165, 1.54) is 16.4 Å². The Balaban J connectivity index is 2.74. The second-order valence-corrected chi connectivity index (χ2v) is 4.99. The van der Waals surface area contributed by atoms with Gasteiger partial charge in [-0.25, -0.2) is 0 Å². The van der Waals surface area contributed by atoms with Crippen LogP contribution in [0.4, 0.5) is 0 Å². The minimum Gasteiger partial charge on any atom is -0.0619 e. The maximum absolute atomic E-state index is 2.26. The van der Waals surface area contributed by atoms with Gasteiger partial charge in [0.15, 0.2) is 4.90 Å². The zero-order valence-electron chi connectivity index (χ0n) is 7.21. The molecular weight excluding hydrogens is 152 g/mol. The van der Waals surface area contributed by atoms with Crippen molar-refractivity contribution in [3.63, 3.8) is 0 Å². The zero-order valence-corrected chi connectivity index (χ0v) is 8.03. The third-order valence-electron chi connectivity index (χ3n) is 1.77. The van der Waals surface area contributed by atoms with E-state index in [1.807, 2.05) is 0 Å². The molecule has 1 heteroatoms. The fraction of sp³-hybridized carbons (Fsp3) is 0.400. The molecule has 0 radical (unpaired) electrons. The summed E-state index contributed by atoms with van der Waals surface area (Å²) in [6.07, 6.45) is 0. The lowest BCUT2D eigenvalue weighted by Crippen LogP contribution is -2.07. The van der Waals surface area contributed by atoms with E-state index in [0.717, 1.165) is 0 Å². The Bertz CT molecular complexity index is 189. The number of hydrogen-bond acceptors (Lipinski definition) is 0. The molecule has 1 rings (SSSR count). The normalized spacial score (nSPS) is 10.5. The summed E-state index contributed by atoms with van der Waals surface area (Å²) in [6.45, 7) is 4.53. The predicted octanol–water partition coefficient (Wildman–Crippen LogP) is 2.70. The molecule has 0 unspecified atom stereocenters. The van der Waals surface area contributed by atoms with Gasteiger partial charge in [0.25, 0.3) is 0 Å². The Morgan fingerprint density at radius 1 is 1.00 bits per heavy atom. The van der Waals surface area contributed by atoms with Gasteiger partial charge in [-0.2, -0.15) is 0 Å². The summed E-state index contributed by atoms with van der Waals surface area (Å²) in [7, 11) is 0.498. The highest BCUT2D eigenvalue weighted by Gasteiger charge is 2.14. The van der Waals surface area contributed by atoms with Crippen LogP contribution in [0.1, 0.15) is 13.8 Å². The highest BCUT2D eigenvalue weighted by molar-refractivity contribution is 7.96. The second-order valence-electron chi connectivity index (χ2n) is 2.38. The van der Waals surface area contributed by atoms with Crippen molar-refractivity contribution in [3.05, 3.63) is 30.3 Å². The van der Waals surface area contributed by atoms with E-state index >= 15 is 0 Å². The topological polar surface area (TPSA) is 0 Å². The van der Waals surface area contributed by atoms with Crippen molar-refractivity contribution in [1.29, 1.82) is 0 Å². The van der Waals surface area contributed by atoms with Gasteiger partial charge in [-0.3, -0.25) is 0 Å². The lowest BCUT2D eigenvalue weighted by molar-refractivity contribution is 1.35. The Morgan fingerprint density at radius 2 is 1.55 bits per heavy atom. The van der Waals surface area contributed by atoms with Crippen molar-refractivity contribution in [2.45, 2.75) is 18.7 Å². The Kier molecular flexibility index (Phi) is 3.50. The molecule has 0 aromatic heterocycles. The average Bonchev–Trinajstić information content (AvgIpc) is 2.09. The standard InChI is InChI=1S/C10H15S/c1-3-11(4-2)10-8-6-5-7-9-10/h5-9H,3-4H2,1-2H3/q+1. The smallest absolute Gasteiger partial charge is 0.0619 e. The van der Waals surface area contributed by atoms with Crippen LogP contribution in [-0.2, 0) is 10.9 Å². The Labute approximate surface area is 72.0 Å². The van der Waals surface area contributed by atoms with E-state index in [0.29, 0.717) is 10.9 Å². The molecule has 0 spiro atoms. The monoisotopic (exact) mass is 167 g/mol. The van der Waals surface area contributed by atoms with Gasteiger partial charge in [0.05, 0.1) is 0 Å². The molecule has 0 aliphatic carbocycles.